The van der Waals surface area contributed by atoms with Gasteiger partial charge >= 0.3 is 0 Å². The average molecular weight is 322 g/mol. The number of aliphatic imine (C=N–C) groups is 2. The lowest BCUT2D eigenvalue weighted by Gasteiger charge is -2.45. The number of ether oxygens (including phenoxy) is 1. The number of benzene rings is 1. The van der Waals surface area contributed by atoms with Crippen LogP contribution in [0, 0.1) is 0 Å². The summed E-state index contributed by atoms with van der Waals surface area (Å²) in [6.45, 7) is 0. The maximum atomic E-state index is 6.26. The van der Waals surface area contributed by atoms with Crippen LogP contribution in [-0.2, 0) is 0 Å². The van der Waals surface area contributed by atoms with Gasteiger partial charge in [0.2, 0.25) is 11.9 Å². The number of halogens is 1. The van der Waals surface area contributed by atoms with Crippen molar-refractivity contribution >= 4 is 29.2 Å². The third-order valence-corrected chi connectivity index (χ3v) is 4.54. The molecule has 0 amide bonds. The highest BCUT2D eigenvalue weighted by Gasteiger charge is 2.42. The van der Waals surface area contributed by atoms with Crippen LogP contribution in [0.2, 0.25) is 5.02 Å². The van der Waals surface area contributed by atoms with Gasteiger partial charge in [0.15, 0.2) is 0 Å². The zero-order chi connectivity index (χ0) is 15.7. The van der Waals surface area contributed by atoms with E-state index in [1.54, 1.807) is 7.11 Å². The monoisotopic (exact) mass is 321 g/mol. The molecule has 7 heteroatoms. The van der Waals surface area contributed by atoms with E-state index in [0.717, 1.165) is 31.4 Å². The molecule has 1 heterocycles. The van der Waals surface area contributed by atoms with Crippen LogP contribution in [0.3, 0.4) is 0 Å². The van der Waals surface area contributed by atoms with Gasteiger partial charge in [0, 0.05) is 5.69 Å². The molecular weight excluding hydrogens is 302 g/mol. The first-order valence-corrected chi connectivity index (χ1v) is 7.77. The number of anilines is 1. The van der Waals surface area contributed by atoms with Gasteiger partial charge in [0.25, 0.3) is 0 Å². The highest BCUT2D eigenvalue weighted by molar-refractivity contribution is 6.32. The van der Waals surface area contributed by atoms with E-state index in [1.165, 1.54) is 6.42 Å². The highest BCUT2D eigenvalue weighted by atomic mass is 35.5. The topological polar surface area (TPSA) is 89.2 Å². The standard InChI is InChI=1S/C15H20ClN5O/c1-22-12-6-5-10(9-11(12)16)21-14(18)19-13(17)20-15(21)7-3-2-4-8-15/h5-6,9H,2-4,7-8H2,1H3,(H4,17,18,19,20). The lowest BCUT2D eigenvalue weighted by molar-refractivity contribution is 0.305. The van der Waals surface area contributed by atoms with E-state index >= 15 is 0 Å². The normalized spacial score (nSPS) is 20.5. The van der Waals surface area contributed by atoms with Gasteiger partial charge in [-0.05, 0) is 43.9 Å². The predicted octanol–water partition coefficient (Wildman–Crippen LogP) is 2.46. The largest absolute Gasteiger partial charge is 0.495 e. The molecule has 6 nitrogen and oxygen atoms in total. The molecule has 118 valence electrons. The zero-order valence-corrected chi connectivity index (χ0v) is 13.3. The quantitative estimate of drug-likeness (QED) is 0.875. The van der Waals surface area contributed by atoms with E-state index in [4.69, 9.17) is 27.8 Å². The van der Waals surface area contributed by atoms with Gasteiger partial charge in [0.1, 0.15) is 11.4 Å². The Labute approximate surface area is 134 Å². The van der Waals surface area contributed by atoms with Crippen LogP contribution in [-0.4, -0.2) is 24.7 Å². The van der Waals surface area contributed by atoms with E-state index in [1.807, 2.05) is 23.1 Å². The fourth-order valence-corrected chi connectivity index (χ4v) is 3.54. The number of guanidine groups is 2. The van der Waals surface area contributed by atoms with Crippen molar-refractivity contribution in [3.63, 3.8) is 0 Å². The minimum absolute atomic E-state index is 0.246. The molecule has 0 bridgehead atoms. The summed E-state index contributed by atoms with van der Waals surface area (Å²) in [6.07, 6.45) is 5.17. The van der Waals surface area contributed by atoms with E-state index < -0.39 is 5.66 Å². The minimum atomic E-state index is -0.452. The van der Waals surface area contributed by atoms with Gasteiger partial charge in [-0.15, -0.1) is 0 Å². The average Bonchev–Trinajstić information content (AvgIpc) is 2.47. The summed E-state index contributed by atoms with van der Waals surface area (Å²) in [5.41, 5.74) is 12.4. The Morgan fingerprint density at radius 1 is 1.23 bits per heavy atom. The number of nitrogens with two attached hydrogens (primary N) is 2. The molecule has 1 aliphatic carbocycles. The lowest BCUT2D eigenvalue weighted by Crippen LogP contribution is -2.58. The van der Waals surface area contributed by atoms with E-state index in [0.29, 0.717) is 16.7 Å². The highest BCUT2D eigenvalue weighted by Crippen LogP contribution is 2.41. The summed E-state index contributed by atoms with van der Waals surface area (Å²) >= 11 is 6.26. The van der Waals surface area contributed by atoms with Crippen LogP contribution >= 0.6 is 11.6 Å². The summed E-state index contributed by atoms with van der Waals surface area (Å²) in [6, 6.07) is 5.57. The minimum Gasteiger partial charge on any atom is -0.495 e. The Bertz CT molecular complexity index is 637. The van der Waals surface area contributed by atoms with Crippen molar-refractivity contribution in [1.29, 1.82) is 0 Å². The Kier molecular flexibility index (Phi) is 3.87. The van der Waals surface area contributed by atoms with Crippen molar-refractivity contribution in [2.75, 3.05) is 12.0 Å². The first-order chi connectivity index (χ1) is 10.6. The molecule has 0 unspecified atom stereocenters. The Balaban J connectivity index is 2.06. The second kappa shape index (κ2) is 5.68. The molecule has 1 saturated carbocycles. The van der Waals surface area contributed by atoms with Gasteiger partial charge < -0.3 is 16.2 Å². The molecular formula is C15H20ClN5O. The van der Waals surface area contributed by atoms with Crippen LogP contribution < -0.4 is 21.1 Å². The van der Waals surface area contributed by atoms with Crippen LogP contribution in [0.4, 0.5) is 5.69 Å². The second-order valence-corrected chi connectivity index (χ2v) is 6.04. The first-order valence-electron chi connectivity index (χ1n) is 7.39. The van der Waals surface area contributed by atoms with Gasteiger partial charge in [-0.3, -0.25) is 4.90 Å². The zero-order valence-electron chi connectivity index (χ0n) is 12.6. The van der Waals surface area contributed by atoms with E-state index in [-0.39, 0.29) is 5.96 Å². The summed E-state index contributed by atoms with van der Waals surface area (Å²) in [4.78, 5) is 10.7. The Morgan fingerprint density at radius 2 is 1.95 bits per heavy atom. The molecule has 0 saturated heterocycles. The number of nitrogens with zero attached hydrogens (tertiary/aromatic N) is 3. The fourth-order valence-electron chi connectivity index (χ4n) is 3.29. The fraction of sp³-hybridized carbons (Fsp3) is 0.467. The molecule has 0 radical (unpaired) electrons. The maximum absolute atomic E-state index is 6.26. The van der Waals surface area contributed by atoms with Crippen molar-refractivity contribution in [1.82, 2.24) is 0 Å². The van der Waals surface area contributed by atoms with Crippen LogP contribution in [0.25, 0.3) is 0 Å². The molecule has 4 N–H and O–H groups in total. The van der Waals surface area contributed by atoms with Crippen LogP contribution in [0.15, 0.2) is 28.2 Å². The third-order valence-electron chi connectivity index (χ3n) is 4.24. The number of rotatable bonds is 2. The molecule has 1 fully saturated rings. The molecule has 0 aromatic heterocycles. The SMILES string of the molecule is COc1ccc(N2C(N)=NC(N)=NC23CCCCC3)cc1Cl. The van der Waals surface area contributed by atoms with Crippen molar-refractivity contribution in [3.8, 4) is 5.75 Å². The Hall–Kier alpha value is -1.95. The number of hydrogen-bond donors (Lipinski definition) is 2. The van der Waals surface area contributed by atoms with Crippen molar-refractivity contribution in [2.45, 2.75) is 37.8 Å². The van der Waals surface area contributed by atoms with E-state index in [9.17, 15) is 0 Å². The summed E-state index contributed by atoms with van der Waals surface area (Å²) in [5, 5.41) is 0.529. The summed E-state index contributed by atoms with van der Waals surface area (Å²) in [7, 11) is 1.59. The van der Waals surface area contributed by atoms with Crippen molar-refractivity contribution in [2.24, 2.45) is 21.5 Å². The lowest BCUT2D eigenvalue weighted by atomic mass is 9.87. The summed E-state index contributed by atoms with van der Waals surface area (Å²) < 4.78 is 5.21. The van der Waals surface area contributed by atoms with E-state index in [2.05, 4.69) is 9.98 Å². The molecule has 0 atom stereocenters. The molecule has 2 aliphatic rings. The van der Waals surface area contributed by atoms with Crippen LogP contribution in [0.5, 0.6) is 5.75 Å². The first kappa shape index (κ1) is 15.0. The van der Waals surface area contributed by atoms with Gasteiger partial charge in [-0.1, -0.05) is 18.0 Å². The van der Waals surface area contributed by atoms with Gasteiger partial charge in [-0.2, -0.15) is 4.99 Å². The summed E-state index contributed by atoms with van der Waals surface area (Å²) in [5.74, 6) is 1.23. The Morgan fingerprint density at radius 3 is 2.59 bits per heavy atom. The third kappa shape index (κ3) is 2.47. The molecule has 1 aromatic carbocycles. The smallest absolute Gasteiger partial charge is 0.220 e. The van der Waals surface area contributed by atoms with Crippen molar-refractivity contribution < 1.29 is 4.74 Å². The molecule has 1 spiro atoms. The molecule has 1 aromatic rings. The van der Waals surface area contributed by atoms with Crippen molar-refractivity contribution in [3.05, 3.63) is 23.2 Å². The maximum Gasteiger partial charge on any atom is 0.220 e. The number of methoxy groups -OCH3 is 1. The van der Waals surface area contributed by atoms with Gasteiger partial charge in [0.05, 0.1) is 12.1 Å². The van der Waals surface area contributed by atoms with Crippen LogP contribution in [0.1, 0.15) is 32.1 Å². The van der Waals surface area contributed by atoms with Gasteiger partial charge in [-0.25, -0.2) is 4.99 Å². The second-order valence-electron chi connectivity index (χ2n) is 5.64. The number of hydrogen-bond acceptors (Lipinski definition) is 6. The molecule has 1 aliphatic heterocycles. The molecule has 22 heavy (non-hydrogen) atoms. The predicted molar refractivity (Wildman–Crippen MR) is 89.5 cm³/mol. The molecule has 3 rings (SSSR count).